The number of hydrogen-bond donors (Lipinski definition) is 0. The summed E-state index contributed by atoms with van der Waals surface area (Å²) in [4.78, 5) is 4.93. The molecule has 0 bridgehead atoms. The average Bonchev–Trinajstić information content (AvgIpc) is 2.48. The molecule has 1 heterocycles. The Balaban J connectivity index is 1.80. The van der Waals surface area contributed by atoms with Crippen molar-refractivity contribution < 1.29 is 4.74 Å². The van der Waals surface area contributed by atoms with E-state index in [1.807, 2.05) is 12.1 Å². The lowest BCUT2D eigenvalue weighted by Crippen LogP contribution is -2.46. The lowest BCUT2D eigenvalue weighted by atomic mass is 10.2. The third kappa shape index (κ3) is 3.90. The van der Waals surface area contributed by atoms with Crippen LogP contribution in [0, 0.1) is 12.3 Å². The van der Waals surface area contributed by atoms with Crippen molar-refractivity contribution >= 4 is 5.69 Å². The molecule has 1 aromatic carbocycles. The number of terminal acetylenes is 1. The molecule has 0 saturated carbocycles. The molecule has 0 atom stereocenters. The summed E-state index contributed by atoms with van der Waals surface area (Å²) in [7, 11) is 1.70. The van der Waals surface area contributed by atoms with E-state index >= 15 is 0 Å². The summed E-state index contributed by atoms with van der Waals surface area (Å²) in [6.07, 6.45) is 7.28. The number of hydrogen-bond acceptors (Lipinski definition) is 3. The molecular weight excluding hydrogens is 236 g/mol. The highest BCUT2D eigenvalue weighted by atomic mass is 16.5. The fourth-order valence-electron chi connectivity index (χ4n) is 2.43. The Bertz CT molecular complexity index is 413. The van der Waals surface area contributed by atoms with E-state index in [-0.39, 0.29) is 0 Å². The molecule has 19 heavy (non-hydrogen) atoms. The highest BCUT2D eigenvalue weighted by molar-refractivity contribution is 5.49. The fraction of sp³-hybridized carbons (Fsp3) is 0.500. The Morgan fingerprint density at radius 1 is 1.16 bits per heavy atom. The number of methoxy groups -OCH3 is 1. The Labute approximate surface area is 116 Å². The maximum absolute atomic E-state index is 5.28. The van der Waals surface area contributed by atoms with Gasteiger partial charge in [0.25, 0.3) is 0 Å². The van der Waals surface area contributed by atoms with Gasteiger partial charge >= 0.3 is 0 Å². The summed E-state index contributed by atoms with van der Waals surface area (Å²) < 4.78 is 5.19. The van der Waals surface area contributed by atoms with Gasteiger partial charge in [0, 0.05) is 38.3 Å². The Hall–Kier alpha value is -1.66. The van der Waals surface area contributed by atoms with Crippen LogP contribution in [0.25, 0.3) is 0 Å². The van der Waals surface area contributed by atoms with Crippen molar-refractivity contribution in [1.82, 2.24) is 4.90 Å². The molecule has 3 heteroatoms. The van der Waals surface area contributed by atoms with Gasteiger partial charge < -0.3 is 9.64 Å². The van der Waals surface area contributed by atoms with Crippen molar-refractivity contribution in [3.63, 3.8) is 0 Å². The molecule has 0 radical (unpaired) electrons. The molecule has 0 amide bonds. The van der Waals surface area contributed by atoms with E-state index in [9.17, 15) is 0 Å². The van der Waals surface area contributed by atoms with Crippen LogP contribution in [0.3, 0.4) is 0 Å². The molecule has 0 spiro atoms. The van der Waals surface area contributed by atoms with Gasteiger partial charge in [-0.2, -0.15) is 0 Å². The Morgan fingerprint density at radius 2 is 1.84 bits per heavy atom. The summed E-state index contributed by atoms with van der Waals surface area (Å²) in [6, 6.07) is 8.31. The van der Waals surface area contributed by atoms with Gasteiger partial charge in [-0.25, -0.2) is 0 Å². The summed E-state index contributed by atoms with van der Waals surface area (Å²) in [5.74, 6) is 3.62. The third-order valence-corrected chi connectivity index (χ3v) is 3.61. The fourth-order valence-corrected chi connectivity index (χ4v) is 2.43. The predicted molar refractivity (Wildman–Crippen MR) is 79.7 cm³/mol. The molecule has 0 aliphatic carbocycles. The molecule has 2 rings (SSSR count). The van der Waals surface area contributed by atoms with Gasteiger partial charge in [0.15, 0.2) is 0 Å². The van der Waals surface area contributed by atoms with Gasteiger partial charge in [-0.3, -0.25) is 4.90 Å². The van der Waals surface area contributed by atoms with Crippen molar-refractivity contribution in [3.8, 4) is 18.1 Å². The van der Waals surface area contributed by atoms with Crippen LogP contribution in [-0.4, -0.2) is 44.7 Å². The molecule has 1 fully saturated rings. The van der Waals surface area contributed by atoms with Crippen molar-refractivity contribution in [2.24, 2.45) is 0 Å². The number of unbranched alkanes of at least 4 members (excludes halogenated alkanes) is 1. The summed E-state index contributed by atoms with van der Waals surface area (Å²) in [5, 5.41) is 0. The van der Waals surface area contributed by atoms with Crippen LogP contribution >= 0.6 is 0 Å². The minimum Gasteiger partial charge on any atom is -0.497 e. The second kappa shape index (κ2) is 7.06. The van der Waals surface area contributed by atoms with Crippen LogP contribution < -0.4 is 9.64 Å². The van der Waals surface area contributed by atoms with Crippen molar-refractivity contribution in [1.29, 1.82) is 0 Å². The average molecular weight is 258 g/mol. The third-order valence-electron chi connectivity index (χ3n) is 3.61. The van der Waals surface area contributed by atoms with E-state index in [1.165, 1.54) is 5.69 Å². The molecule has 1 aromatic rings. The van der Waals surface area contributed by atoms with E-state index in [1.54, 1.807) is 7.11 Å². The van der Waals surface area contributed by atoms with E-state index in [0.29, 0.717) is 0 Å². The summed E-state index contributed by atoms with van der Waals surface area (Å²) in [6.45, 7) is 5.54. The molecular formula is C16H22N2O. The largest absolute Gasteiger partial charge is 0.497 e. The second-order valence-electron chi connectivity index (χ2n) is 4.83. The monoisotopic (exact) mass is 258 g/mol. The zero-order chi connectivity index (χ0) is 13.5. The molecule has 3 nitrogen and oxygen atoms in total. The van der Waals surface area contributed by atoms with Crippen LogP contribution in [0.2, 0.25) is 0 Å². The van der Waals surface area contributed by atoms with E-state index in [4.69, 9.17) is 11.2 Å². The lowest BCUT2D eigenvalue weighted by Gasteiger charge is -2.36. The van der Waals surface area contributed by atoms with E-state index in [2.05, 4.69) is 27.9 Å². The topological polar surface area (TPSA) is 15.7 Å². The zero-order valence-corrected chi connectivity index (χ0v) is 11.6. The molecule has 1 saturated heterocycles. The van der Waals surface area contributed by atoms with E-state index in [0.717, 1.165) is 51.3 Å². The van der Waals surface area contributed by atoms with Crippen LogP contribution in [0.1, 0.15) is 12.8 Å². The minimum absolute atomic E-state index is 0.888. The first-order valence-corrected chi connectivity index (χ1v) is 6.88. The minimum atomic E-state index is 0.888. The van der Waals surface area contributed by atoms with Crippen LogP contribution in [0.5, 0.6) is 5.75 Å². The lowest BCUT2D eigenvalue weighted by molar-refractivity contribution is 0.256. The molecule has 0 aromatic heterocycles. The highest BCUT2D eigenvalue weighted by Crippen LogP contribution is 2.20. The predicted octanol–water partition coefficient (Wildman–Crippen LogP) is 2.23. The van der Waals surface area contributed by atoms with Gasteiger partial charge in [-0.1, -0.05) is 0 Å². The Kier molecular flexibility index (Phi) is 5.11. The van der Waals surface area contributed by atoms with Crippen molar-refractivity contribution in [2.75, 3.05) is 44.7 Å². The van der Waals surface area contributed by atoms with Gasteiger partial charge in [-0.05, 0) is 37.2 Å². The number of benzene rings is 1. The standard InChI is InChI=1S/C16H22N2O/c1-3-4-5-10-17-11-13-18(14-12-17)15-6-8-16(19-2)9-7-15/h1,6-9H,4-5,10-14H2,2H3. The molecule has 1 aliphatic heterocycles. The molecule has 102 valence electrons. The smallest absolute Gasteiger partial charge is 0.119 e. The zero-order valence-electron chi connectivity index (χ0n) is 11.6. The first kappa shape index (κ1) is 13.8. The van der Waals surface area contributed by atoms with Gasteiger partial charge in [0.2, 0.25) is 0 Å². The Morgan fingerprint density at radius 3 is 2.42 bits per heavy atom. The first-order chi connectivity index (χ1) is 9.33. The first-order valence-electron chi connectivity index (χ1n) is 6.88. The van der Waals surface area contributed by atoms with Crippen molar-refractivity contribution in [2.45, 2.75) is 12.8 Å². The van der Waals surface area contributed by atoms with Gasteiger partial charge in [0.05, 0.1) is 7.11 Å². The van der Waals surface area contributed by atoms with Crippen molar-refractivity contribution in [3.05, 3.63) is 24.3 Å². The number of piperazine rings is 1. The molecule has 1 aliphatic rings. The summed E-state index contributed by atoms with van der Waals surface area (Å²) >= 11 is 0. The number of nitrogens with zero attached hydrogens (tertiary/aromatic N) is 2. The highest BCUT2D eigenvalue weighted by Gasteiger charge is 2.16. The van der Waals surface area contributed by atoms with E-state index < -0.39 is 0 Å². The van der Waals surface area contributed by atoms with Gasteiger partial charge in [0.1, 0.15) is 5.75 Å². The normalized spacial score (nSPS) is 16.1. The summed E-state index contributed by atoms with van der Waals surface area (Å²) in [5.41, 5.74) is 1.28. The molecule has 0 N–H and O–H groups in total. The quantitative estimate of drug-likeness (QED) is 0.595. The number of ether oxygens (including phenoxy) is 1. The van der Waals surface area contributed by atoms with Crippen LogP contribution in [-0.2, 0) is 0 Å². The maximum atomic E-state index is 5.28. The SMILES string of the molecule is C#CCCCN1CCN(c2ccc(OC)cc2)CC1. The van der Waals surface area contributed by atoms with Crippen LogP contribution in [0.4, 0.5) is 5.69 Å². The number of rotatable bonds is 5. The number of anilines is 1. The van der Waals surface area contributed by atoms with Crippen LogP contribution in [0.15, 0.2) is 24.3 Å². The molecule has 0 unspecified atom stereocenters. The van der Waals surface area contributed by atoms with Gasteiger partial charge in [-0.15, -0.1) is 12.3 Å². The maximum Gasteiger partial charge on any atom is 0.119 e. The second-order valence-corrected chi connectivity index (χ2v) is 4.83.